The highest BCUT2D eigenvalue weighted by atomic mass is 32.1. The van der Waals surface area contributed by atoms with E-state index in [1.807, 2.05) is 36.4 Å². The molecule has 0 saturated heterocycles. The van der Waals surface area contributed by atoms with Crippen molar-refractivity contribution < 1.29 is 0 Å². The van der Waals surface area contributed by atoms with Crippen LogP contribution in [0.15, 0.2) is 53.9 Å². The fourth-order valence-corrected chi connectivity index (χ4v) is 1.90. The van der Waals surface area contributed by atoms with E-state index >= 15 is 0 Å². The van der Waals surface area contributed by atoms with Gasteiger partial charge < -0.3 is 0 Å². The summed E-state index contributed by atoms with van der Waals surface area (Å²) in [4.78, 5) is 9.37. The van der Waals surface area contributed by atoms with Gasteiger partial charge in [-0.15, -0.1) is 0 Å². The Bertz CT molecular complexity index is 540. The number of thiocarbonyl (C=S) groups is 1. The fourth-order valence-electron chi connectivity index (χ4n) is 1.65. The second-order valence-electron chi connectivity index (χ2n) is 4.18. The van der Waals surface area contributed by atoms with E-state index in [1.54, 1.807) is 12.4 Å². The quantitative estimate of drug-likeness (QED) is 0.521. The van der Waals surface area contributed by atoms with E-state index in [0.717, 1.165) is 29.2 Å². The maximum absolute atomic E-state index is 5.21. The molecule has 0 aliphatic heterocycles. The first-order valence-corrected chi connectivity index (χ1v) is 6.91. The highest BCUT2D eigenvalue weighted by molar-refractivity contribution is 7.80. The van der Waals surface area contributed by atoms with Crippen LogP contribution in [-0.2, 0) is 0 Å². The second kappa shape index (κ2) is 7.45. The number of nitrogens with zero attached hydrogens (tertiary/aromatic N) is 3. The number of nitrogens with one attached hydrogen (secondary N) is 1. The van der Waals surface area contributed by atoms with Crippen LogP contribution >= 0.6 is 12.2 Å². The molecule has 2 heterocycles. The zero-order chi connectivity index (χ0) is 14.2. The summed E-state index contributed by atoms with van der Waals surface area (Å²) in [5, 5.41) is 4.38. The molecule has 0 spiro atoms. The minimum Gasteiger partial charge on any atom is -0.271 e. The summed E-state index contributed by atoms with van der Waals surface area (Å²) in [5.74, 6) is 0. The monoisotopic (exact) mass is 284 g/mol. The molecule has 0 aliphatic carbocycles. The van der Waals surface area contributed by atoms with Crippen molar-refractivity contribution in [3.8, 4) is 0 Å². The lowest BCUT2D eigenvalue weighted by Crippen LogP contribution is -2.19. The number of pyridine rings is 2. The smallest absolute Gasteiger partial charge is 0.135 e. The van der Waals surface area contributed by atoms with Crippen LogP contribution in [0.3, 0.4) is 0 Å². The van der Waals surface area contributed by atoms with Crippen LogP contribution in [0.2, 0.25) is 0 Å². The lowest BCUT2D eigenvalue weighted by Gasteiger charge is -2.07. The summed E-state index contributed by atoms with van der Waals surface area (Å²) < 4.78 is 0. The van der Waals surface area contributed by atoms with Gasteiger partial charge in [0.15, 0.2) is 0 Å². The highest BCUT2D eigenvalue weighted by Gasteiger charge is 2.09. The molecular weight excluding hydrogens is 268 g/mol. The largest absolute Gasteiger partial charge is 0.271 e. The van der Waals surface area contributed by atoms with Gasteiger partial charge >= 0.3 is 0 Å². The Morgan fingerprint density at radius 2 is 1.70 bits per heavy atom. The number of rotatable bonds is 5. The van der Waals surface area contributed by atoms with Gasteiger partial charge in [0.25, 0.3) is 0 Å². The van der Waals surface area contributed by atoms with Gasteiger partial charge in [-0.2, -0.15) is 5.10 Å². The van der Waals surface area contributed by atoms with E-state index < -0.39 is 0 Å². The van der Waals surface area contributed by atoms with Gasteiger partial charge in [-0.3, -0.25) is 15.4 Å². The van der Waals surface area contributed by atoms with Gasteiger partial charge in [-0.05, 0) is 37.1 Å². The lowest BCUT2D eigenvalue weighted by molar-refractivity contribution is 0.929. The van der Waals surface area contributed by atoms with Crippen molar-refractivity contribution in [3.63, 3.8) is 0 Å². The third kappa shape index (κ3) is 3.93. The normalized spacial score (nSPS) is 9.85. The summed E-state index contributed by atoms with van der Waals surface area (Å²) in [7, 11) is 0. The minimum absolute atomic E-state index is 0.685. The summed E-state index contributed by atoms with van der Waals surface area (Å²) in [6.45, 7) is 2.08. The van der Waals surface area contributed by atoms with Crippen LogP contribution < -0.4 is 5.43 Å². The van der Waals surface area contributed by atoms with E-state index in [2.05, 4.69) is 27.4 Å². The minimum atomic E-state index is 0.685. The maximum atomic E-state index is 5.21. The second-order valence-corrected chi connectivity index (χ2v) is 4.67. The average molecular weight is 284 g/mol. The Kier molecular flexibility index (Phi) is 5.32. The molecule has 2 aromatic heterocycles. The molecule has 0 amide bonds. The van der Waals surface area contributed by atoms with Crippen molar-refractivity contribution >= 4 is 22.9 Å². The van der Waals surface area contributed by atoms with Crippen molar-refractivity contribution in [1.82, 2.24) is 15.4 Å². The van der Waals surface area contributed by atoms with Crippen LogP contribution in [0.25, 0.3) is 0 Å². The molecule has 0 fully saturated rings. The van der Waals surface area contributed by atoms with Crippen LogP contribution in [0.5, 0.6) is 0 Å². The molecular formula is C15H16N4S. The van der Waals surface area contributed by atoms with Gasteiger partial charge in [-0.25, -0.2) is 0 Å². The third-order valence-corrected chi connectivity index (χ3v) is 2.88. The van der Waals surface area contributed by atoms with Crippen molar-refractivity contribution in [2.75, 3.05) is 0 Å². The topological polar surface area (TPSA) is 50.2 Å². The van der Waals surface area contributed by atoms with Gasteiger partial charge in [0.1, 0.15) is 5.71 Å². The molecule has 0 unspecified atom stereocenters. The Balaban J connectivity index is 2.30. The highest BCUT2D eigenvalue weighted by Crippen LogP contribution is 2.05. The van der Waals surface area contributed by atoms with E-state index in [0.29, 0.717) is 5.71 Å². The molecule has 102 valence electrons. The van der Waals surface area contributed by atoms with Crippen molar-refractivity contribution in [3.05, 3.63) is 60.2 Å². The van der Waals surface area contributed by atoms with Crippen molar-refractivity contribution in [2.24, 2.45) is 5.10 Å². The Labute approximate surface area is 124 Å². The molecule has 0 bridgehead atoms. The summed E-state index contributed by atoms with van der Waals surface area (Å²) in [6, 6.07) is 11.4. The molecule has 0 atom stereocenters. The number of hydrazone groups is 1. The SMILES string of the molecule is CCCC(=S)NN=C(c1ccccn1)c1ccccn1. The molecule has 1 N–H and O–H groups in total. The van der Waals surface area contributed by atoms with Crippen LogP contribution in [0.4, 0.5) is 0 Å². The molecule has 2 rings (SSSR count). The van der Waals surface area contributed by atoms with Crippen LogP contribution in [0, 0.1) is 0 Å². The van der Waals surface area contributed by atoms with E-state index in [1.165, 1.54) is 0 Å². The summed E-state index contributed by atoms with van der Waals surface area (Å²) in [6.07, 6.45) is 5.27. The van der Waals surface area contributed by atoms with Gasteiger partial charge in [0, 0.05) is 12.4 Å². The van der Waals surface area contributed by atoms with Crippen molar-refractivity contribution in [2.45, 2.75) is 19.8 Å². The van der Waals surface area contributed by atoms with Crippen molar-refractivity contribution in [1.29, 1.82) is 0 Å². The molecule has 0 radical (unpaired) electrons. The molecule has 0 aromatic carbocycles. The fraction of sp³-hybridized carbons (Fsp3) is 0.200. The number of aromatic nitrogens is 2. The number of hydrogen-bond acceptors (Lipinski definition) is 4. The Hall–Kier alpha value is -2.14. The zero-order valence-electron chi connectivity index (χ0n) is 11.3. The molecule has 0 saturated carbocycles. The zero-order valence-corrected chi connectivity index (χ0v) is 12.1. The maximum Gasteiger partial charge on any atom is 0.135 e. The standard InChI is InChI=1S/C15H16N4S/c1-2-7-14(20)18-19-15(12-8-3-5-10-16-12)13-9-4-6-11-17-13/h3-6,8-11H,2,7H2,1H3,(H,18,20). The molecule has 5 heteroatoms. The molecule has 0 aliphatic rings. The van der Waals surface area contributed by atoms with E-state index in [4.69, 9.17) is 12.2 Å². The van der Waals surface area contributed by atoms with Gasteiger partial charge in [0.2, 0.25) is 0 Å². The predicted octanol–water partition coefficient (Wildman–Crippen LogP) is 2.95. The first-order chi connectivity index (χ1) is 9.81. The van der Waals surface area contributed by atoms with E-state index in [9.17, 15) is 0 Å². The predicted molar refractivity (Wildman–Crippen MR) is 84.8 cm³/mol. The molecule has 20 heavy (non-hydrogen) atoms. The van der Waals surface area contributed by atoms with Crippen LogP contribution in [-0.4, -0.2) is 20.7 Å². The summed E-state index contributed by atoms with van der Waals surface area (Å²) in [5.41, 5.74) is 5.13. The average Bonchev–Trinajstić information content (AvgIpc) is 2.50. The first kappa shape index (κ1) is 14.3. The third-order valence-electron chi connectivity index (χ3n) is 2.58. The van der Waals surface area contributed by atoms with Gasteiger partial charge in [-0.1, -0.05) is 31.3 Å². The Morgan fingerprint density at radius 3 is 2.15 bits per heavy atom. The first-order valence-electron chi connectivity index (χ1n) is 6.50. The number of hydrogen-bond donors (Lipinski definition) is 1. The summed E-state index contributed by atoms with van der Waals surface area (Å²) >= 11 is 5.21. The molecule has 4 nitrogen and oxygen atoms in total. The van der Waals surface area contributed by atoms with Gasteiger partial charge in [0.05, 0.1) is 16.4 Å². The van der Waals surface area contributed by atoms with E-state index in [-0.39, 0.29) is 0 Å². The molecule has 2 aromatic rings. The van der Waals surface area contributed by atoms with Crippen LogP contribution in [0.1, 0.15) is 31.2 Å². The lowest BCUT2D eigenvalue weighted by atomic mass is 10.1. The Morgan fingerprint density at radius 1 is 1.10 bits per heavy atom.